The van der Waals surface area contributed by atoms with Gasteiger partial charge >= 0.3 is 0 Å². The number of hydrogen-bond donors (Lipinski definition) is 0. The number of carbonyl (C=O) groups excluding carboxylic acids is 1. The van der Waals surface area contributed by atoms with Crippen molar-refractivity contribution in [3.63, 3.8) is 0 Å². The van der Waals surface area contributed by atoms with Gasteiger partial charge in [0, 0.05) is 22.9 Å². The second kappa shape index (κ2) is 6.09. The van der Waals surface area contributed by atoms with Gasteiger partial charge in [-0.3, -0.25) is 9.78 Å². The van der Waals surface area contributed by atoms with Crippen molar-refractivity contribution in [2.24, 2.45) is 0 Å². The fourth-order valence-corrected chi connectivity index (χ4v) is 1.70. The molecule has 98 valence electrons. The number of carbonyl (C=O) groups is 1. The van der Waals surface area contributed by atoms with Crippen LogP contribution in [0.4, 0.5) is 4.39 Å². The van der Waals surface area contributed by atoms with E-state index in [1.807, 2.05) is 6.92 Å². The van der Waals surface area contributed by atoms with Gasteiger partial charge in [0.15, 0.2) is 0 Å². The van der Waals surface area contributed by atoms with Gasteiger partial charge < -0.3 is 4.74 Å². The van der Waals surface area contributed by atoms with E-state index >= 15 is 0 Å². The van der Waals surface area contributed by atoms with Gasteiger partial charge in [-0.2, -0.15) is 0 Å². The van der Waals surface area contributed by atoms with Crippen molar-refractivity contribution in [2.75, 3.05) is 6.61 Å². The van der Waals surface area contributed by atoms with Crippen molar-refractivity contribution >= 4 is 6.29 Å². The maximum Gasteiger partial charge on any atom is 0.150 e. The third-order valence-corrected chi connectivity index (χ3v) is 2.62. The van der Waals surface area contributed by atoms with Gasteiger partial charge in [0.25, 0.3) is 0 Å². The Morgan fingerprint density at radius 2 is 2.16 bits per heavy atom. The summed E-state index contributed by atoms with van der Waals surface area (Å²) in [6.07, 6.45) is 4.71. The fraction of sp³-hybridized carbons (Fsp3) is 0.200. The van der Waals surface area contributed by atoms with E-state index in [0.29, 0.717) is 35.3 Å². The molecule has 0 radical (unpaired) electrons. The molecule has 3 nitrogen and oxygen atoms in total. The smallest absolute Gasteiger partial charge is 0.150 e. The molecule has 0 saturated carbocycles. The van der Waals surface area contributed by atoms with Gasteiger partial charge in [0.2, 0.25) is 0 Å². The van der Waals surface area contributed by atoms with Crippen LogP contribution in [0.5, 0.6) is 5.75 Å². The maximum atomic E-state index is 13.8. The van der Waals surface area contributed by atoms with E-state index in [0.717, 1.165) is 6.42 Å². The summed E-state index contributed by atoms with van der Waals surface area (Å²) < 4.78 is 19.3. The summed E-state index contributed by atoms with van der Waals surface area (Å²) in [5, 5.41) is 0. The standard InChI is InChI=1S/C15H14FNO2/c1-2-5-19-13-7-12(8-17-9-13)14-6-11(10-18)3-4-15(14)16/h3-4,6-10H,2,5H2,1H3. The summed E-state index contributed by atoms with van der Waals surface area (Å²) in [5.41, 5.74) is 1.37. The zero-order chi connectivity index (χ0) is 13.7. The molecule has 0 bridgehead atoms. The molecule has 1 aromatic heterocycles. The van der Waals surface area contributed by atoms with Crippen LogP contribution in [0.2, 0.25) is 0 Å². The predicted molar refractivity (Wildman–Crippen MR) is 70.8 cm³/mol. The van der Waals surface area contributed by atoms with Crippen molar-refractivity contribution in [3.8, 4) is 16.9 Å². The molecule has 0 saturated heterocycles. The number of benzene rings is 1. The van der Waals surface area contributed by atoms with Crippen molar-refractivity contribution in [1.82, 2.24) is 4.98 Å². The lowest BCUT2D eigenvalue weighted by Crippen LogP contribution is -1.96. The van der Waals surface area contributed by atoms with Gasteiger partial charge in [-0.15, -0.1) is 0 Å². The Morgan fingerprint density at radius 1 is 1.32 bits per heavy atom. The van der Waals surface area contributed by atoms with E-state index < -0.39 is 0 Å². The zero-order valence-corrected chi connectivity index (χ0v) is 10.6. The molecule has 0 amide bonds. The van der Waals surface area contributed by atoms with Crippen LogP contribution in [0.3, 0.4) is 0 Å². The summed E-state index contributed by atoms with van der Waals surface area (Å²) in [6.45, 7) is 2.59. The van der Waals surface area contributed by atoms with Crippen molar-refractivity contribution in [3.05, 3.63) is 48.0 Å². The van der Waals surface area contributed by atoms with Gasteiger partial charge in [-0.25, -0.2) is 4.39 Å². The molecule has 0 spiro atoms. The molecule has 0 N–H and O–H groups in total. The molecule has 1 aromatic carbocycles. The highest BCUT2D eigenvalue weighted by Gasteiger charge is 2.08. The molecule has 2 rings (SSSR count). The van der Waals surface area contributed by atoms with Gasteiger partial charge in [-0.1, -0.05) is 6.92 Å². The van der Waals surface area contributed by atoms with Crippen LogP contribution in [0.15, 0.2) is 36.7 Å². The lowest BCUT2D eigenvalue weighted by Gasteiger charge is -2.07. The first-order chi connectivity index (χ1) is 9.24. The van der Waals surface area contributed by atoms with Crippen LogP contribution >= 0.6 is 0 Å². The van der Waals surface area contributed by atoms with E-state index in [1.54, 1.807) is 18.5 Å². The summed E-state index contributed by atoms with van der Waals surface area (Å²) in [4.78, 5) is 14.8. The number of rotatable bonds is 5. The van der Waals surface area contributed by atoms with E-state index in [2.05, 4.69) is 4.98 Å². The lowest BCUT2D eigenvalue weighted by atomic mass is 10.0. The molecule has 0 aliphatic carbocycles. The molecule has 0 atom stereocenters. The number of pyridine rings is 1. The third-order valence-electron chi connectivity index (χ3n) is 2.62. The predicted octanol–water partition coefficient (Wildman–Crippen LogP) is 3.49. The number of aldehydes is 1. The summed E-state index contributed by atoms with van der Waals surface area (Å²) in [6, 6.07) is 5.94. The molecule has 0 fully saturated rings. The molecule has 19 heavy (non-hydrogen) atoms. The average Bonchev–Trinajstić information content (AvgIpc) is 2.46. The molecule has 4 heteroatoms. The molecular weight excluding hydrogens is 245 g/mol. The highest BCUT2D eigenvalue weighted by molar-refractivity contribution is 5.79. The van der Waals surface area contributed by atoms with E-state index in [9.17, 15) is 9.18 Å². The largest absolute Gasteiger partial charge is 0.492 e. The number of aromatic nitrogens is 1. The molecule has 0 unspecified atom stereocenters. The highest BCUT2D eigenvalue weighted by Crippen LogP contribution is 2.26. The first kappa shape index (κ1) is 13.2. The molecule has 0 aliphatic heterocycles. The van der Waals surface area contributed by atoms with Gasteiger partial charge in [-0.05, 0) is 30.7 Å². The van der Waals surface area contributed by atoms with Crippen LogP contribution in [0.25, 0.3) is 11.1 Å². The fourth-order valence-electron chi connectivity index (χ4n) is 1.70. The Morgan fingerprint density at radius 3 is 2.89 bits per heavy atom. The van der Waals surface area contributed by atoms with Crippen LogP contribution in [-0.2, 0) is 0 Å². The number of ether oxygens (including phenoxy) is 1. The Kier molecular flexibility index (Phi) is 4.23. The quantitative estimate of drug-likeness (QED) is 0.771. The summed E-state index contributed by atoms with van der Waals surface area (Å²) in [5.74, 6) is 0.204. The second-order valence-electron chi connectivity index (χ2n) is 4.11. The minimum atomic E-state index is -0.389. The Balaban J connectivity index is 2.38. The third kappa shape index (κ3) is 3.16. The Labute approximate surface area is 111 Å². The first-order valence-corrected chi connectivity index (χ1v) is 6.07. The number of halogens is 1. The van der Waals surface area contributed by atoms with Gasteiger partial charge in [0.1, 0.15) is 17.9 Å². The van der Waals surface area contributed by atoms with E-state index in [4.69, 9.17) is 4.74 Å². The maximum absolute atomic E-state index is 13.8. The number of nitrogens with zero attached hydrogens (tertiary/aromatic N) is 1. The Bertz CT molecular complexity index is 584. The normalized spacial score (nSPS) is 10.2. The SMILES string of the molecule is CCCOc1cncc(-c2cc(C=O)ccc2F)c1. The van der Waals surface area contributed by atoms with Crippen molar-refractivity contribution in [1.29, 1.82) is 0 Å². The van der Waals surface area contributed by atoms with Gasteiger partial charge in [0.05, 0.1) is 12.8 Å². The first-order valence-electron chi connectivity index (χ1n) is 6.07. The average molecular weight is 259 g/mol. The minimum absolute atomic E-state index is 0.346. The van der Waals surface area contributed by atoms with Crippen LogP contribution in [0.1, 0.15) is 23.7 Å². The highest BCUT2D eigenvalue weighted by atomic mass is 19.1. The van der Waals surface area contributed by atoms with Crippen molar-refractivity contribution in [2.45, 2.75) is 13.3 Å². The van der Waals surface area contributed by atoms with Crippen molar-refractivity contribution < 1.29 is 13.9 Å². The van der Waals surface area contributed by atoms with E-state index in [-0.39, 0.29) is 5.82 Å². The van der Waals surface area contributed by atoms with Crippen LogP contribution in [-0.4, -0.2) is 17.9 Å². The summed E-state index contributed by atoms with van der Waals surface area (Å²) in [7, 11) is 0. The Hall–Kier alpha value is -2.23. The topological polar surface area (TPSA) is 39.2 Å². The zero-order valence-electron chi connectivity index (χ0n) is 10.6. The summed E-state index contributed by atoms with van der Waals surface area (Å²) >= 11 is 0. The van der Waals surface area contributed by atoms with Crippen LogP contribution < -0.4 is 4.74 Å². The van der Waals surface area contributed by atoms with E-state index in [1.165, 1.54) is 18.2 Å². The molecular formula is C15H14FNO2. The lowest BCUT2D eigenvalue weighted by molar-refractivity contribution is 0.112. The second-order valence-corrected chi connectivity index (χ2v) is 4.11. The van der Waals surface area contributed by atoms with Crippen LogP contribution in [0, 0.1) is 5.82 Å². The molecule has 2 aromatic rings. The minimum Gasteiger partial charge on any atom is -0.492 e. The molecule has 0 aliphatic rings. The molecule has 1 heterocycles. The number of hydrogen-bond acceptors (Lipinski definition) is 3. The monoisotopic (exact) mass is 259 g/mol.